The van der Waals surface area contributed by atoms with Gasteiger partial charge < -0.3 is 14.8 Å². The van der Waals surface area contributed by atoms with Crippen LogP contribution < -0.4 is 14.8 Å². The molecule has 28 heavy (non-hydrogen) atoms. The summed E-state index contributed by atoms with van der Waals surface area (Å²) in [6.07, 6.45) is 0.343. The molecule has 142 valence electrons. The fourth-order valence-electron chi connectivity index (χ4n) is 3.39. The molecule has 4 rings (SSSR count). The highest BCUT2D eigenvalue weighted by molar-refractivity contribution is 5.77. The van der Waals surface area contributed by atoms with Crippen molar-refractivity contribution in [3.63, 3.8) is 0 Å². The van der Waals surface area contributed by atoms with E-state index < -0.39 is 0 Å². The number of amides is 1. The molecule has 5 heteroatoms. The molecule has 0 saturated carbocycles. The van der Waals surface area contributed by atoms with Gasteiger partial charge in [0, 0.05) is 18.0 Å². The summed E-state index contributed by atoms with van der Waals surface area (Å²) in [6, 6.07) is 21.7. The van der Waals surface area contributed by atoms with E-state index in [0.29, 0.717) is 13.0 Å². The van der Waals surface area contributed by atoms with Crippen LogP contribution in [0.2, 0.25) is 0 Å². The fourth-order valence-corrected chi connectivity index (χ4v) is 3.39. The molecule has 0 fully saturated rings. The molecule has 5 nitrogen and oxygen atoms in total. The molecule has 0 spiro atoms. The summed E-state index contributed by atoms with van der Waals surface area (Å²) in [5.74, 6) is 1.38. The fraction of sp³-hybridized carbons (Fsp3) is 0.217. The Kier molecular flexibility index (Phi) is 5.24. The number of fused-ring (bicyclic) bond motifs is 1. The van der Waals surface area contributed by atoms with Gasteiger partial charge in [-0.25, -0.2) is 0 Å². The minimum Gasteiger partial charge on any atom is -0.454 e. The van der Waals surface area contributed by atoms with Crippen molar-refractivity contribution >= 4 is 5.91 Å². The molecule has 0 saturated heterocycles. The molecular weight excluding hydrogens is 352 g/mol. The normalized spacial score (nSPS) is 13.2. The van der Waals surface area contributed by atoms with Crippen LogP contribution in [-0.4, -0.2) is 17.7 Å². The Hall–Kier alpha value is -3.34. The number of hydrogen-bond donors (Lipinski definition) is 1. The van der Waals surface area contributed by atoms with Gasteiger partial charge in [-0.3, -0.25) is 9.78 Å². The summed E-state index contributed by atoms with van der Waals surface area (Å²) in [5, 5.41) is 2.99. The van der Waals surface area contributed by atoms with Crippen molar-refractivity contribution in [3.05, 3.63) is 89.2 Å². The SMILES string of the molecule is Cc1cccc(CNC(=O)CC(c2ccccc2)c2ccc3c(c2)OCO3)n1. The number of carbonyl (C=O) groups is 1. The van der Waals surface area contributed by atoms with E-state index in [9.17, 15) is 4.79 Å². The van der Waals surface area contributed by atoms with E-state index in [1.165, 1.54) is 0 Å². The van der Waals surface area contributed by atoms with Gasteiger partial charge in [0.05, 0.1) is 12.2 Å². The van der Waals surface area contributed by atoms with E-state index in [2.05, 4.69) is 10.3 Å². The number of rotatable bonds is 6. The lowest BCUT2D eigenvalue weighted by Crippen LogP contribution is -2.25. The Morgan fingerprint density at radius 3 is 2.64 bits per heavy atom. The summed E-state index contributed by atoms with van der Waals surface area (Å²) in [6.45, 7) is 2.60. The zero-order chi connectivity index (χ0) is 19.3. The number of aromatic nitrogens is 1. The summed E-state index contributed by atoms with van der Waals surface area (Å²) >= 11 is 0. The third kappa shape index (κ3) is 4.14. The van der Waals surface area contributed by atoms with Crippen molar-refractivity contribution < 1.29 is 14.3 Å². The van der Waals surface area contributed by atoms with Crippen LogP contribution in [0.3, 0.4) is 0 Å². The molecule has 0 radical (unpaired) electrons. The second kappa shape index (κ2) is 8.13. The maximum atomic E-state index is 12.7. The number of hydrogen-bond acceptors (Lipinski definition) is 4. The summed E-state index contributed by atoms with van der Waals surface area (Å²) in [5.41, 5.74) is 3.91. The molecule has 3 aromatic rings. The Morgan fingerprint density at radius 1 is 1.00 bits per heavy atom. The number of aryl methyl sites for hydroxylation is 1. The first kappa shape index (κ1) is 18.0. The summed E-state index contributed by atoms with van der Waals surface area (Å²) in [7, 11) is 0. The van der Waals surface area contributed by atoms with Crippen LogP contribution in [0.25, 0.3) is 0 Å². The van der Waals surface area contributed by atoms with Crippen LogP contribution in [0.15, 0.2) is 66.7 Å². The van der Waals surface area contributed by atoms with E-state index >= 15 is 0 Å². The molecule has 2 heterocycles. The number of nitrogens with zero attached hydrogens (tertiary/aromatic N) is 1. The van der Waals surface area contributed by atoms with Crippen molar-refractivity contribution in [2.45, 2.75) is 25.8 Å². The van der Waals surface area contributed by atoms with Gasteiger partial charge in [-0.2, -0.15) is 0 Å². The minimum atomic E-state index is -0.0684. The van der Waals surface area contributed by atoms with Crippen LogP contribution in [0.5, 0.6) is 11.5 Å². The average Bonchev–Trinajstić information content (AvgIpc) is 3.19. The van der Waals surface area contributed by atoms with E-state index in [-0.39, 0.29) is 18.6 Å². The van der Waals surface area contributed by atoms with Crippen LogP contribution in [-0.2, 0) is 11.3 Å². The number of carbonyl (C=O) groups excluding carboxylic acids is 1. The first-order valence-corrected chi connectivity index (χ1v) is 9.33. The van der Waals surface area contributed by atoms with Crippen molar-refractivity contribution in [1.82, 2.24) is 10.3 Å². The van der Waals surface area contributed by atoms with Crippen LogP contribution in [0, 0.1) is 6.92 Å². The molecular formula is C23H22N2O3. The zero-order valence-corrected chi connectivity index (χ0v) is 15.7. The number of benzene rings is 2. The average molecular weight is 374 g/mol. The van der Waals surface area contributed by atoms with Crippen LogP contribution in [0.1, 0.15) is 34.9 Å². The van der Waals surface area contributed by atoms with E-state index in [4.69, 9.17) is 9.47 Å². The van der Waals surface area contributed by atoms with Gasteiger partial charge in [-0.1, -0.05) is 42.5 Å². The highest BCUT2D eigenvalue weighted by Crippen LogP contribution is 2.37. The first-order chi connectivity index (χ1) is 13.7. The van der Waals surface area contributed by atoms with Gasteiger partial charge in [-0.15, -0.1) is 0 Å². The number of ether oxygens (including phenoxy) is 2. The third-order valence-corrected chi connectivity index (χ3v) is 4.80. The standard InChI is InChI=1S/C23H22N2O3/c1-16-6-5-9-19(25-16)14-24-23(26)13-20(17-7-3-2-4-8-17)18-10-11-21-22(12-18)28-15-27-21/h2-12,20H,13-15H2,1H3,(H,24,26). The maximum Gasteiger partial charge on any atom is 0.231 e. The van der Waals surface area contributed by atoms with E-state index in [0.717, 1.165) is 34.0 Å². The van der Waals surface area contributed by atoms with Gasteiger partial charge in [0.15, 0.2) is 11.5 Å². The monoisotopic (exact) mass is 374 g/mol. The van der Waals surface area contributed by atoms with Crippen LogP contribution in [0.4, 0.5) is 0 Å². The van der Waals surface area contributed by atoms with E-state index in [1.807, 2.05) is 73.7 Å². The quantitative estimate of drug-likeness (QED) is 0.710. The van der Waals surface area contributed by atoms with Gasteiger partial charge >= 0.3 is 0 Å². The molecule has 1 aliphatic rings. The second-order valence-corrected chi connectivity index (χ2v) is 6.83. The minimum absolute atomic E-state index is 0.0187. The molecule has 1 unspecified atom stereocenters. The predicted molar refractivity (Wildman–Crippen MR) is 106 cm³/mol. The van der Waals surface area contributed by atoms with Crippen molar-refractivity contribution in [2.24, 2.45) is 0 Å². The largest absolute Gasteiger partial charge is 0.454 e. The Bertz CT molecular complexity index is 973. The van der Waals surface area contributed by atoms with E-state index in [1.54, 1.807) is 0 Å². The lowest BCUT2D eigenvalue weighted by atomic mass is 9.88. The Morgan fingerprint density at radius 2 is 1.82 bits per heavy atom. The Balaban J connectivity index is 1.52. The molecule has 1 atom stereocenters. The molecule has 2 aromatic carbocycles. The second-order valence-electron chi connectivity index (χ2n) is 6.83. The molecule has 1 aromatic heterocycles. The first-order valence-electron chi connectivity index (χ1n) is 9.33. The molecule has 0 aliphatic carbocycles. The lowest BCUT2D eigenvalue weighted by Gasteiger charge is -2.18. The van der Waals surface area contributed by atoms with Crippen molar-refractivity contribution in [1.29, 1.82) is 0 Å². The molecule has 1 amide bonds. The highest BCUT2D eigenvalue weighted by Gasteiger charge is 2.22. The number of pyridine rings is 1. The topological polar surface area (TPSA) is 60.5 Å². The molecule has 1 aliphatic heterocycles. The predicted octanol–water partition coefficient (Wildman–Crippen LogP) is 3.96. The van der Waals surface area contributed by atoms with Crippen LogP contribution >= 0.6 is 0 Å². The van der Waals surface area contributed by atoms with Gasteiger partial charge in [-0.05, 0) is 42.3 Å². The Labute approximate surface area is 164 Å². The summed E-state index contributed by atoms with van der Waals surface area (Å²) in [4.78, 5) is 17.1. The molecule has 1 N–H and O–H groups in total. The zero-order valence-electron chi connectivity index (χ0n) is 15.7. The number of nitrogens with one attached hydrogen (secondary N) is 1. The van der Waals surface area contributed by atoms with Crippen molar-refractivity contribution in [2.75, 3.05) is 6.79 Å². The van der Waals surface area contributed by atoms with Crippen molar-refractivity contribution in [3.8, 4) is 11.5 Å². The molecule has 0 bridgehead atoms. The summed E-state index contributed by atoms with van der Waals surface area (Å²) < 4.78 is 10.9. The van der Waals surface area contributed by atoms with Gasteiger partial charge in [0.1, 0.15) is 0 Å². The smallest absolute Gasteiger partial charge is 0.231 e. The van der Waals surface area contributed by atoms with Gasteiger partial charge in [0.2, 0.25) is 12.7 Å². The lowest BCUT2D eigenvalue weighted by molar-refractivity contribution is -0.121. The maximum absolute atomic E-state index is 12.7. The highest BCUT2D eigenvalue weighted by atomic mass is 16.7. The third-order valence-electron chi connectivity index (χ3n) is 4.80. The van der Waals surface area contributed by atoms with Gasteiger partial charge in [0.25, 0.3) is 0 Å².